The first-order valence-electron chi connectivity index (χ1n) is 3.13. The summed E-state index contributed by atoms with van der Waals surface area (Å²) < 4.78 is 0.774. The molecule has 0 amide bonds. The van der Waals surface area contributed by atoms with Crippen LogP contribution in [0.1, 0.15) is 5.69 Å². The molecule has 0 radical (unpaired) electrons. The Labute approximate surface area is 85.4 Å². The second-order valence-corrected chi connectivity index (χ2v) is 2.97. The van der Waals surface area contributed by atoms with Crippen molar-refractivity contribution in [2.24, 2.45) is 5.73 Å². The number of aromatic nitrogens is 1. The average Bonchev–Trinajstić information content (AvgIpc) is 1.85. The number of hydrogen-bond acceptors (Lipinski definition) is 2. The fourth-order valence-corrected chi connectivity index (χ4v) is 1.12. The van der Waals surface area contributed by atoms with Gasteiger partial charge in [0.1, 0.15) is 4.60 Å². The number of pyridine rings is 1. The summed E-state index contributed by atoms with van der Waals surface area (Å²) in [6.45, 7) is 0. The van der Waals surface area contributed by atoms with Gasteiger partial charge in [-0.2, -0.15) is 0 Å². The summed E-state index contributed by atoms with van der Waals surface area (Å²) in [7, 11) is 0. The maximum atomic E-state index is 7.02. The molecule has 0 unspecified atom stereocenters. The SMILES string of the molecule is Cl.N=C(N)Cc1cccc(Br)n1. The first-order valence-corrected chi connectivity index (χ1v) is 3.92. The highest BCUT2D eigenvalue weighted by Crippen LogP contribution is 2.06. The fourth-order valence-electron chi connectivity index (χ4n) is 0.744. The molecule has 12 heavy (non-hydrogen) atoms. The molecule has 1 rings (SSSR count). The van der Waals surface area contributed by atoms with Crippen LogP contribution >= 0.6 is 28.3 Å². The lowest BCUT2D eigenvalue weighted by molar-refractivity contribution is 1.10. The number of amidine groups is 1. The Bertz CT molecular complexity index is 277. The smallest absolute Gasteiger partial charge is 0.106 e. The van der Waals surface area contributed by atoms with Gasteiger partial charge in [-0.1, -0.05) is 6.07 Å². The van der Waals surface area contributed by atoms with E-state index in [2.05, 4.69) is 20.9 Å². The Morgan fingerprint density at radius 2 is 2.25 bits per heavy atom. The molecule has 0 spiro atoms. The van der Waals surface area contributed by atoms with Crippen LogP contribution in [0.25, 0.3) is 0 Å². The van der Waals surface area contributed by atoms with Crippen molar-refractivity contribution in [3.05, 3.63) is 28.5 Å². The summed E-state index contributed by atoms with van der Waals surface area (Å²) in [4.78, 5) is 4.11. The van der Waals surface area contributed by atoms with E-state index in [9.17, 15) is 0 Å². The fraction of sp³-hybridized carbons (Fsp3) is 0.143. The van der Waals surface area contributed by atoms with Crippen molar-refractivity contribution >= 4 is 34.2 Å². The summed E-state index contributed by atoms with van der Waals surface area (Å²) in [6, 6.07) is 5.55. The van der Waals surface area contributed by atoms with E-state index in [1.54, 1.807) is 0 Å². The molecule has 1 aromatic heterocycles. The van der Waals surface area contributed by atoms with E-state index < -0.39 is 0 Å². The Balaban J connectivity index is 0.00000121. The Hall–Kier alpha value is -0.610. The largest absolute Gasteiger partial charge is 0.387 e. The van der Waals surface area contributed by atoms with Gasteiger partial charge < -0.3 is 5.73 Å². The van der Waals surface area contributed by atoms with Crippen LogP contribution in [0.5, 0.6) is 0 Å². The van der Waals surface area contributed by atoms with Crippen LogP contribution in [0, 0.1) is 5.41 Å². The Morgan fingerprint density at radius 1 is 1.58 bits per heavy atom. The number of hydrogen-bond donors (Lipinski definition) is 2. The number of halogens is 2. The number of nitrogens with zero attached hydrogens (tertiary/aromatic N) is 1. The van der Waals surface area contributed by atoms with Gasteiger partial charge in [0.2, 0.25) is 0 Å². The molecule has 3 nitrogen and oxygen atoms in total. The second-order valence-electron chi connectivity index (χ2n) is 2.15. The predicted octanol–water partition coefficient (Wildman–Crippen LogP) is 1.74. The third-order valence-electron chi connectivity index (χ3n) is 1.14. The van der Waals surface area contributed by atoms with Gasteiger partial charge in [0.05, 0.1) is 5.84 Å². The minimum Gasteiger partial charge on any atom is -0.387 e. The maximum Gasteiger partial charge on any atom is 0.106 e. The van der Waals surface area contributed by atoms with Gasteiger partial charge in [-0.15, -0.1) is 12.4 Å². The monoisotopic (exact) mass is 249 g/mol. The minimum atomic E-state index is 0. The van der Waals surface area contributed by atoms with Crippen molar-refractivity contribution in [2.45, 2.75) is 6.42 Å². The topological polar surface area (TPSA) is 62.8 Å². The quantitative estimate of drug-likeness (QED) is 0.477. The molecule has 0 atom stereocenters. The van der Waals surface area contributed by atoms with Crippen LogP contribution in [-0.2, 0) is 6.42 Å². The van der Waals surface area contributed by atoms with Crippen LogP contribution in [-0.4, -0.2) is 10.8 Å². The summed E-state index contributed by atoms with van der Waals surface area (Å²) in [5.41, 5.74) is 6.01. The highest BCUT2D eigenvalue weighted by molar-refractivity contribution is 9.10. The minimum absolute atomic E-state index is 0. The van der Waals surface area contributed by atoms with Gasteiger partial charge in [0, 0.05) is 12.1 Å². The predicted molar refractivity (Wildman–Crippen MR) is 54.8 cm³/mol. The van der Waals surface area contributed by atoms with Gasteiger partial charge in [0.25, 0.3) is 0 Å². The Morgan fingerprint density at radius 3 is 2.75 bits per heavy atom. The first kappa shape index (κ1) is 11.4. The summed E-state index contributed by atoms with van der Waals surface area (Å²) >= 11 is 3.23. The average molecular weight is 251 g/mol. The molecule has 1 aromatic rings. The van der Waals surface area contributed by atoms with E-state index in [4.69, 9.17) is 11.1 Å². The zero-order valence-electron chi connectivity index (χ0n) is 6.25. The van der Waals surface area contributed by atoms with Crippen molar-refractivity contribution < 1.29 is 0 Å². The molecule has 0 aliphatic rings. The van der Waals surface area contributed by atoms with Crippen molar-refractivity contribution in [3.8, 4) is 0 Å². The summed E-state index contributed by atoms with van der Waals surface area (Å²) in [5.74, 6) is 0.135. The zero-order chi connectivity index (χ0) is 8.27. The molecule has 5 heteroatoms. The molecule has 0 aliphatic carbocycles. The molecule has 1 heterocycles. The van der Waals surface area contributed by atoms with Crippen molar-refractivity contribution in [1.82, 2.24) is 4.98 Å². The summed E-state index contributed by atoms with van der Waals surface area (Å²) in [6.07, 6.45) is 0.416. The van der Waals surface area contributed by atoms with Crippen molar-refractivity contribution in [1.29, 1.82) is 5.41 Å². The third kappa shape index (κ3) is 3.69. The third-order valence-corrected chi connectivity index (χ3v) is 1.59. The molecular formula is C7H9BrClN3. The van der Waals surface area contributed by atoms with Gasteiger partial charge in [0.15, 0.2) is 0 Å². The molecule has 0 saturated carbocycles. The van der Waals surface area contributed by atoms with Gasteiger partial charge in [-0.3, -0.25) is 5.41 Å². The molecule has 0 saturated heterocycles. The molecular weight excluding hydrogens is 241 g/mol. The van der Waals surface area contributed by atoms with Crippen molar-refractivity contribution in [3.63, 3.8) is 0 Å². The van der Waals surface area contributed by atoms with Gasteiger partial charge >= 0.3 is 0 Å². The van der Waals surface area contributed by atoms with E-state index in [-0.39, 0.29) is 18.2 Å². The van der Waals surface area contributed by atoms with E-state index in [1.807, 2.05) is 18.2 Å². The molecule has 0 aliphatic heterocycles. The zero-order valence-corrected chi connectivity index (χ0v) is 8.65. The molecule has 66 valence electrons. The molecule has 3 N–H and O–H groups in total. The maximum absolute atomic E-state index is 7.02. The number of nitrogens with two attached hydrogens (primary N) is 1. The lowest BCUT2D eigenvalue weighted by Crippen LogP contribution is -2.13. The highest BCUT2D eigenvalue weighted by atomic mass is 79.9. The van der Waals surface area contributed by atoms with Crippen LogP contribution in [0.3, 0.4) is 0 Å². The van der Waals surface area contributed by atoms with Gasteiger partial charge in [-0.05, 0) is 28.1 Å². The van der Waals surface area contributed by atoms with Crippen LogP contribution in [0.15, 0.2) is 22.8 Å². The number of rotatable bonds is 2. The molecule has 0 fully saturated rings. The van der Waals surface area contributed by atoms with Crippen LogP contribution < -0.4 is 5.73 Å². The second kappa shape index (κ2) is 5.11. The van der Waals surface area contributed by atoms with E-state index >= 15 is 0 Å². The summed E-state index contributed by atoms with van der Waals surface area (Å²) in [5, 5.41) is 7.02. The van der Waals surface area contributed by atoms with E-state index in [0.717, 1.165) is 10.3 Å². The lowest BCUT2D eigenvalue weighted by Gasteiger charge is -1.97. The van der Waals surface area contributed by atoms with E-state index in [1.165, 1.54) is 0 Å². The van der Waals surface area contributed by atoms with E-state index in [0.29, 0.717) is 6.42 Å². The van der Waals surface area contributed by atoms with Crippen LogP contribution in [0.4, 0.5) is 0 Å². The van der Waals surface area contributed by atoms with Gasteiger partial charge in [-0.25, -0.2) is 4.98 Å². The number of nitrogens with one attached hydrogen (secondary N) is 1. The van der Waals surface area contributed by atoms with Crippen LogP contribution in [0.2, 0.25) is 0 Å². The Kier molecular flexibility index (Phi) is 4.85. The van der Waals surface area contributed by atoms with Crippen molar-refractivity contribution in [2.75, 3.05) is 0 Å². The first-order chi connectivity index (χ1) is 5.18. The highest BCUT2D eigenvalue weighted by Gasteiger charge is 1.96. The molecule has 0 bridgehead atoms. The lowest BCUT2D eigenvalue weighted by atomic mass is 10.2. The standard InChI is InChI=1S/C7H8BrN3.ClH/c8-6-3-1-2-5(11-6)4-7(9)10;/h1-3H,4H2,(H3,9,10);1H. The molecule has 0 aromatic carbocycles. The normalized spacial score (nSPS) is 8.75.